The zero-order valence-corrected chi connectivity index (χ0v) is 19.3. The number of nitrogens with zero attached hydrogens (tertiary/aromatic N) is 3. The van der Waals surface area contributed by atoms with Gasteiger partial charge in [0.2, 0.25) is 5.91 Å². The van der Waals surface area contributed by atoms with E-state index in [1.807, 2.05) is 42.5 Å². The standard InChI is InChI=1S/C25H22Cl2N4O2/c26-19-7-9-21(22(27)16-19)25(33)31-14-12-30(13-15-31)23-10-8-20(17-28-23)29-24(32)11-6-18-4-2-1-3-5-18/h1-11,16-17H,12-15H2,(H,29,32)/b11-6+. The van der Waals surface area contributed by atoms with E-state index in [1.54, 1.807) is 35.4 Å². The Labute approximate surface area is 202 Å². The molecule has 1 aliphatic heterocycles. The first-order valence-corrected chi connectivity index (χ1v) is 11.2. The molecule has 1 aliphatic rings. The maximum Gasteiger partial charge on any atom is 0.255 e. The monoisotopic (exact) mass is 480 g/mol. The Kier molecular flexibility index (Phi) is 7.27. The van der Waals surface area contributed by atoms with Crippen molar-refractivity contribution in [3.05, 3.63) is 94.1 Å². The highest BCUT2D eigenvalue weighted by molar-refractivity contribution is 6.36. The molecule has 4 rings (SSSR count). The molecule has 0 saturated carbocycles. The maximum atomic E-state index is 12.8. The van der Waals surface area contributed by atoms with E-state index >= 15 is 0 Å². The maximum absolute atomic E-state index is 12.8. The predicted molar refractivity (Wildman–Crippen MR) is 133 cm³/mol. The first-order valence-electron chi connectivity index (χ1n) is 10.5. The van der Waals surface area contributed by atoms with E-state index in [-0.39, 0.29) is 11.8 Å². The number of aromatic nitrogens is 1. The third kappa shape index (κ3) is 5.92. The molecular formula is C25H22Cl2N4O2. The Morgan fingerprint density at radius 1 is 0.939 bits per heavy atom. The van der Waals surface area contributed by atoms with E-state index < -0.39 is 0 Å². The summed E-state index contributed by atoms with van der Waals surface area (Å²) in [6, 6.07) is 18.2. The fourth-order valence-electron chi connectivity index (χ4n) is 3.54. The van der Waals surface area contributed by atoms with Crippen LogP contribution in [0.2, 0.25) is 10.0 Å². The van der Waals surface area contributed by atoms with Crippen LogP contribution in [-0.4, -0.2) is 47.9 Å². The molecule has 0 spiro atoms. The van der Waals surface area contributed by atoms with Crippen LogP contribution in [0.5, 0.6) is 0 Å². The zero-order chi connectivity index (χ0) is 23.2. The molecule has 0 atom stereocenters. The number of pyridine rings is 1. The van der Waals surface area contributed by atoms with Crippen LogP contribution >= 0.6 is 23.2 Å². The lowest BCUT2D eigenvalue weighted by Crippen LogP contribution is -2.49. The normalized spacial score (nSPS) is 13.9. The average Bonchev–Trinajstić information content (AvgIpc) is 2.84. The number of hydrogen-bond acceptors (Lipinski definition) is 4. The van der Waals surface area contributed by atoms with Crippen molar-refractivity contribution in [2.45, 2.75) is 0 Å². The molecule has 2 heterocycles. The number of anilines is 2. The van der Waals surface area contributed by atoms with Gasteiger partial charge in [-0.3, -0.25) is 9.59 Å². The Bertz CT molecular complexity index is 1160. The van der Waals surface area contributed by atoms with Crippen LogP contribution in [0.15, 0.2) is 72.9 Å². The molecule has 1 N–H and O–H groups in total. The van der Waals surface area contributed by atoms with Crippen molar-refractivity contribution < 1.29 is 9.59 Å². The quantitative estimate of drug-likeness (QED) is 0.521. The minimum Gasteiger partial charge on any atom is -0.353 e. The van der Waals surface area contributed by atoms with Gasteiger partial charge >= 0.3 is 0 Å². The van der Waals surface area contributed by atoms with Gasteiger partial charge in [0.15, 0.2) is 0 Å². The molecule has 6 nitrogen and oxygen atoms in total. The fraction of sp³-hybridized carbons (Fsp3) is 0.160. The molecule has 8 heteroatoms. The van der Waals surface area contributed by atoms with Crippen LogP contribution in [0.4, 0.5) is 11.5 Å². The molecule has 1 fully saturated rings. The number of benzene rings is 2. The lowest BCUT2D eigenvalue weighted by atomic mass is 10.1. The van der Waals surface area contributed by atoms with Crippen LogP contribution < -0.4 is 10.2 Å². The third-order valence-electron chi connectivity index (χ3n) is 5.29. The Balaban J connectivity index is 1.30. The first-order chi connectivity index (χ1) is 16.0. The second-order valence-electron chi connectivity index (χ2n) is 7.54. The highest BCUT2D eigenvalue weighted by atomic mass is 35.5. The summed E-state index contributed by atoms with van der Waals surface area (Å²) >= 11 is 12.1. The molecule has 0 bridgehead atoms. The van der Waals surface area contributed by atoms with Gasteiger partial charge in [-0.15, -0.1) is 0 Å². The number of carbonyl (C=O) groups excluding carboxylic acids is 2. The smallest absolute Gasteiger partial charge is 0.255 e. The molecular weight excluding hydrogens is 459 g/mol. The second-order valence-corrected chi connectivity index (χ2v) is 8.39. The van der Waals surface area contributed by atoms with Crippen LogP contribution in [0, 0.1) is 0 Å². The van der Waals surface area contributed by atoms with Gasteiger partial charge in [0, 0.05) is 37.3 Å². The van der Waals surface area contributed by atoms with Gasteiger partial charge in [0.05, 0.1) is 22.5 Å². The number of amides is 2. The van der Waals surface area contributed by atoms with Crippen molar-refractivity contribution in [3.63, 3.8) is 0 Å². The number of halogens is 2. The molecule has 168 valence electrons. The Morgan fingerprint density at radius 3 is 2.36 bits per heavy atom. The van der Waals surface area contributed by atoms with E-state index in [0.717, 1.165) is 11.4 Å². The van der Waals surface area contributed by atoms with Crippen molar-refractivity contribution in [1.29, 1.82) is 0 Å². The lowest BCUT2D eigenvalue weighted by molar-refractivity contribution is -0.111. The molecule has 0 radical (unpaired) electrons. The highest BCUT2D eigenvalue weighted by Crippen LogP contribution is 2.23. The van der Waals surface area contributed by atoms with Gasteiger partial charge < -0.3 is 15.1 Å². The number of piperazine rings is 1. The van der Waals surface area contributed by atoms with Gasteiger partial charge in [-0.25, -0.2) is 4.98 Å². The molecule has 3 aromatic rings. The van der Waals surface area contributed by atoms with Crippen molar-refractivity contribution in [2.75, 3.05) is 36.4 Å². The molecule has 1 saturated heterocycles. The van der Waals surface area contributed by atoms with Crippen LogP contribution in [0.1, 0.15) is 15.9 Å². The summed E-state index contributed by atoms with van der Waals surface area (Å²) in [6.45, 7) is 2.41. The van der Waals surface area contributed by atoms with E-state index in [9.17, 15) is 9.59 Å². The topological polar surface area (TPSA) is 65.5 Å². The summed E-state index contributed by atoms with van der Waals surface area (Å²) in [5.74, 6) is 0.469. The van der Waals surface area contributed by atoms with Gasteiger partial charge in [-0.2, -0.15) is 0 Å². The highest BCUT2D eigenvalue weighted by Gasteiger charge is 2.24. The molecule has 2 amide bonds. The summed E-state index contributed by atoms with van der Waals surface area (Å²) in [7, 11) is 0. The molecule has 0 aliphatic carbocycles. The molecule has 33 heavy (non-hydrogen) atoms. The lowest BCUT2D eigenvalue weighted by Gasteiger charge is -2.35. The molecule has 1 aromatic heterocycles. The third-order valence-corrected chi connectivity index (χ3v) is 5.84. The largest absolute Gasteiger partial charge is 0.353 e. The Morgan fingerprint density at radius 2 is 1.70 bits per heavy atom. The minimum absolute atomic E-state index is 0.106. The average molecular weight is 481 g/mol. The van der Waals surface area contributed by atoms with E-state index in [4.69, 9.17) is 23.2 Å². The van der Waals surface area contributed by atoms with Crippen molar-refractivity contribution in [2.24, 2.45) is 0 Å². The van der Waals surface area contributed by atoms with Crippen LogP contribution in [0.3, 0.4) is 0 Å². The van der Waals surface area contributed by atoms with Gasteiger partial charge in [-0.05, 0) is 42.0 Å². The SMILES string of the molecule is O=C(/C=C/c1ccccc1)Nc1ccc(N2CCN(C(=O)c3ccc(Cl)cc3Cl)CC2)nc1. The van der Waals surface area contributed by atoms with E-state index in [0.29, 0.717) is 47.5 Å². The second kappa shape index (κ2) is 10.5. The van der Waals surface area contributed by atoms with Gasteiger partial charge in [0.25, 0.3) is 5.91 Å². The summed E-state index contributed by atoms with van der Waals surface area (Å²) in [5.41, 5.74) is 2.03. The number of carbonyl (C=O) groups is 2. The summed E-state index contributed by atoms with van der Waals surface area (Å²) in [5, 5.41) is 3.66. The van der Waals surface area contributed by atoms with Gasteiger partial charge in [0.1, 0.15) is 5.82 Å². The van der Waals surface area contributed by atoms with E-state index in [2.05, 4.69) is 15.2 Å². The summed E-state index contributed by atoms with van der Waals surface area (Å²) in [4.78, 5) is 33.3. The van der Waals surface area contributed by atoms with E-state index in [1.165, 1.54) is 6.08 Å². The van der Waals surface area contributed by atoms with Crippen molar-refractivity contribution in [1.82, 2.24) is 9.88 Å². The predicted octanol–water partition coefficient (Wildman–Crippen LogP) is 5.00. The summed E-state index contributed by atoms with van der Waals surface area (Å²) < 4.78 is 0. The first kappa shape index (κ1) is 22.8. The van der Waals surface area contributed by atoms with Crippen LogP contribution in [-0.2, 0) is 4.79 Å². The Hall–Kier alpha value is -3.35. The zero-order valence-electron chi connectivity index (χ0n) is 17.7. The number of nitrogens with one attached hydrogen (secondary N) is 1. The van der Waals surface area contributed by atoms with Crippen molar-refractivity contribution >= 4 is 52.6 Å². The molecule has 0 unspecified atom stereocenters. The van der Waals surface area contributed by atoms with Crippen LogP contribution in [0.25, 0.3) is 6.08 Å². The summed E-state index contributed by atoms with van der Waals surface area (Å²) in [6.07, 6.45) is 4.89. The number of rotatable bonds is 5. The van der Waals surface area contributed by atoms with Gasteiger partial charge in [-0.1, -0.05) is 53.5 Å². The number of hydrogen-bond donors (Lipinski definition) is 1. The van der Waals surface area contributed by atoms with Crippen molar-refractivity contribution in [3.8, 4) is 0 Å². The fourth-order valence-corrected chi connectivity index (χ4v) is 4.03. The minimum atomic E-state index is -0.221. The molecule has 2 aromatic carbocycles.